The van der Waals surface area contributed by atoms with Crippen molar-refractivity contribution in [2.24, 2.45) is 0 Å². The van der Waals surface area contributed by atoms with Gasteiger partial charge < -0.3 is 15.0 Å². The number of esters is 1. The van der Waals surface area contributed by atoms with Crippen molar-refractivity contribution < 1.29 is 14.3 Å². The van der Waals surface area contributed by atoms with E-state index in [2.05, 4.69) is 5.32 Å². The summed E-state index contributed by atoms with van der Waals surface area (Å²) < 4.78 is 4.84. The molecule has 0 fully saturated rings. The van der Waals surface area contributed by atoms with E-state index in [0.717, 1.165) is 6.42 Å². The third-order valence-electron chi connectivity index (χ3n) is 2.16. The third kappa shape index (κ3) is 6.40. The molecule has 16 heavy (non-hydrogen) atoms. The van der Waals surface area contributed by atoms with E-state index in [0.29, 0.717) is 19.6 Å². The van der Waals surface area contributed by atoms with Gasteiger partial charge in [-0.05, 0) is 26.8 Å². The smallest absolute Gasteiger partial charge is 0.322 e. The average Bonchev–Trinajstić information content (AvgIpc) is 2.23. The molecule has 0 aromatic carbocycles. The Kier molecular flexibility index (Phi) is 7.54. The van der Waals surface area contributed by atoms with Crippen LogP contribution in [0.25, 0.3) is 0 Å². The molecule has 0 radical (unpaired) electrons. The molecule has 0 saturated carbocycles. The van der Waals surface area contributed by atoms with Crippen molar-refractivity contribution >= 4 is 11.9 Å². The Labute approximate surface area is 97.1 Å². The van der Waals surface area contributed by atoms with E-state index in [9.17, 15) is 9.59 Å². The highest BCUT2D eigenvalue weighted by molar-refractivity contribution is 5.76. The zero-order chi connectivity index (χ0) is 12.6. The molecule has 0 aliphatic carbocycles. The number of nitrogens with zero attached hydrogens (tertiary/aromatic N) is 1. The SMILES string of the molecule is CCOC(=O)C(C)NCCCC(=O)N(C)C. The summed E-state index contributed by atoms with van der Waals surface area (Å²) in [5.41, 5.74) is 0. The third-order valence-corrected chi connectivity index (χ3v) is 2.16. The standard InChI is InChI=1S/C11H22N2O3/c1-5-16-11(15)9(2)12-8-6-7-10(14)13(3)4/h9,12H,5-8H2,1-4H3. The van der Waals surface area contributed by atoms with Gasteiger partial charge in [0, 0.05) is 20.5 Å². The first kappa shape index (κ1) is 14.9. The van der Waals surface area contributed by atoms with Gasteiger partial charge in [-0.15, -0.1) is 0 Å². The van der Waals surface area contributed by atoms with E-state index < -0.39 is 0 Å². The van der Waals surface area contributed by atoms with Gasteiger partial charge in [0.15, 0.2) is 0 Å². The number of nitrogens with one attached hydrogen (secondary N) is 1. The fourth-order valence-corrected chi connectivity index (χ4v) is 1.13. The Morgan fingerprint density at radius 1 is 1.38 bits per heavy atom. The first-order valence-corrected chi connectivity index (χ1v) is 5.59. The summed E-state index contributed by atoms with van der Waals surface area (Å²) in [6, 6.07) is -0.311. The fraction of sp³-hybridized carbons (Fsp3) is 0.818. The molecule has 5 nitrogen and oxygen atoms in total. The second-order valence-electron chi connectivity index (χ2n) is 3.82. The normalized spacial score (nSPS) is 12.0. The second kappa shape index (κ2) is 8.10. The van der Waals surface area contributed by atoms with E-state index in [4.69, 9.17) is 4.74 Å². The van der Waals surface area contributed by atoms with Crippen LogP contribution < -0.4 is 5.32 Å². The first-order chi connectivity index (χ1) is 7.49. The number of hydrogen-bond donors (Lipinski definition) is 1. The minimum atomic E-state index is -0.311. The van der Waals surface area contributed by atoms with E-state index in [1.165, 1.54) is 0 Å². The summed E-state index contributed by atoms with van der Waals surface area (Å²) in [6.07, 6.45) is 1.22. The van der Waals surface area contributed by atoms with Crippen LogP contribution in [0.4, 0.5) is 0 Å². The Morgan fingerprint density at radius 3 is 2.50 bits per heavy atom. The number of carbonyl (C=O) groups excluding carboxylic acids is 2. The van der Waals surface area contributed by atoms with Gasteiger partial charge in [0.05, 0.1) is 6.61 Å². The van der Waals surface area contributed by atoms with Gasteiger partial charge in [-0.1, -0.05) is 0 Å². The lowest BCUT2D eigenvalue weighted by molar-refractivity contribution is -0.145. The van der Waals surface area contributed by atoms with E-state index in [1.54, 1.807) is 32.8 Å². The second-order valence-corrected chi connectivity index (χ2v) is 3.82. The van der Waals surface area contributed by atoms with Gasteiger partial charge in [-0.2, -0.15) is 0 Å². The lowest BCUT2D eigenvalue weighted by Crippen LogP contribution is -2.36. The van der Waals surface area contributed by atoms with Crippen molar-refractivity contribution in [3.8, 4) is 0 Å². The molecule has 0 bridgehead atoms. The van der Waals surface area contributed by atoms with Crippen LogP contribution in [0.3, 0.4) is 0 Å². The molecule has 0 aromatic heterocycles. The maximum atomic E-state index is 11.2. The number of carbonyl (C=O) groups is 2. The van der Waals surface area contributed by atoms with Crippen molar-refractivity contribution in [1.29, 1.82) is 0 Å². The predicted octanol–water partition coefficient (Wildman–Crippen LogP) is 0.396. The molecule has 5 heteroatoms. The Bertz CT molecular complexity index is 229. The number of rotatable bonds is 7. The van der Waals surface area contributed by atoms with Crippen molar-refractivity contribution in [2.75, 3.05) is 27.2 Å². The van der Waals surface area contributed by atoms with Crippen LogP contribution in [0.1, 0.15) is 26.7 Å². The molecule has 1 amide bonds. The minimum absolute atomic E-state index is 0.102. The summed E-state index contributed by atoms with van der Waals surface area (Å²) >= 11 is 0. The van der Waals surface area contributed by atoms with Crippen LogP contribution in [0.5, 0.6) is 0 Å². The summed E-state index contributed by atoms with van der Waals surface area (Å²) in [7, 11) is 3.47. The average molecular weight is 230 g/mol. The maximum absolute atomic E-state index is 11.2. The molecule has 0 saturated heterocycles. The summed E-state index contributed by atoms with van der Waals surface area (Å²) in [5, 5.41) is 3.02. The van der Waals surface area contributed by atoms with Gasteiger partial charge in [0.1, 0.15) is 6.04 Å². The highest BCUT2D eigenvalue weighted by Crippen LogP contribution is 1.94. The lowest BCUT2D eigenvalue weighted by atomic mass is 10.2. The van der Waals surface area contributed by atoms with Gasteiger partial charge >= 0.3 is 5.97 Å². The molecule has 0 aliphatic rings. The van der Waals surface area contributed by atoms with E-state index >= 15 is 0 Å². The van der Waals surface area contributed by atoms with Gasteiger partial charge in [-0.25, -0.2) is 0 Å². The Balaban J connectivity index is 3.58. The van der Waals surface area contributed by atoms with Crippen LogP contribution in [0.2, 0.25) is 0 Å². The van der Waals surface area contributed by atoms with Gasteiger partial charge in [0.2, 0.25) is 5.91 Å². The molecule has 1 atom stereocenters. The van der Waals surface area contributed by atoms with Crippen LogP contribution in [-0.4, -0.2) is 50.1 Å². The molecule has 1 N–H and O–H groups in total. The minimum Gasteiger partial charge on any atom is -0.465 e. The molecular weight excluding hydrogens is 208 g/mol. The predicted molar refractivity (Wildman–Crippen MR) is 62.0 cm³/mol. The van der Waals surface area contributed by atoms with Crippen LogP contribution >= 0.6 is 0 Å². The molecule has 0 aliphatic heterocycles. The lowest BCUT2D eigenvalue weighted by Gasteiger charge is -2.13. The van der Waals surface area contributed by atoms with E-state index in [-0.39, 0.29) is 17.9 Å². The van der Waals surface area contributed by atoms with Crippen LogP contribution in [0.15, 0.2) is 0 Å². The highest BCUT2D eigenvalue weighted by Gasteiger charge is 2.12. The zero-order valence-corrected chi connectivity index (χ0v) is 10.6. The maximum Gasteiger partial charge on any atom is 0.322 e. The van der Waals surface area contributed by atoms with Crippen LogP contribution in [0, 0.1) is 0 Å². The first-order valence-electron chi connectivity index (χ1n) is 5.59. The Morgan fingerprint density at radius 2 is 2.00 bits per heavy atom. The van der Waals surface area contributed by atoms with E-state index in [1.807, 2.05) is 0 Å². The van der Waals surface area contributed by atoms with Gasteiger partial charge in [-0.3, -0.25) is 9.59 Å². The van der Waals surface area contributed by atoms with Crippen molar-refractivity contribution in [1.82, 2.24) is 10.2 Å². The van der Waals surface area contributed by atoms with Crippen molar-refractivity contribution in [2.45, 2.75) is 32.7 Å². The highest BCUT2D eigenvalue weighted by atomic mass is 16.5. The number of ether oxygens (including phenoxy) is 1. The molecule has 94 valence electrons. The van der Waals surface area contributed by atoms with Crippen molar-refractivity contribution in [3.63, 3.8) is 0 Å². The number of amides is 1. The van der Waals surface area contributed by atoms with Gasteiger partial charge in [0.25, 0.3) is 0 Å². The molecule has 0 aromatic rings. The topological polar surface area (TPSA) is 58.6 Å². The summed E-state index contributed by atoms with van der Waals surface area (Å²) in [4.78, 5) is 24.0. The molecule has 0 rings (SSSR count). The van der Waals surface area contributed by atoms with Crippen LogP contribution in [-0.2, 0) is 14.3 Å². The zero-order valence-electron chi connectivity index (χ0n) is 10.6. The molecule has 1 unspecified atom stereocenters. The molecule has 0 spiro atoms. The molecular formula is C11H22N2O3. The largest absolute Gasteiger partial charge is 0.465 e. The monoisotopic (exact) mass is 230 g/mol. The van der Waals surface area contributed by atoms with Crippen molar-refractivity contribution in [3.05, 3.63) is 0 Å². The fourth-order valence-electron chi connectivity index (χ4n) is 1.13. The quantitative estimate of drug-likeness (QED) is 0.508. The Hall–Kier alpha value is -1.10. The number of hydrogen-bond acceptors (Lipinski definition) is 4. The molecule has 0 heterocycles. The summed E-state index contributed by atoms with van der Waals surface area (Å²) in [6.45, 7) is 4.57. The summed E-state index contributed by atoms with van der Waals surface area (Å²) in [5.74, 6) is -0.146.